The van der Waals surface area contributed by atoms with Crippen molar-refractivity contribution >= 4 is 10.0 Å². The standard InChI is InChI=1S/C17H12F3N4O3S/c18-17(19,20)15-7-10-22-16(24-15)27-13-1-3-14(4-2-13)28(25,26)23-11-12-5-8-21-9-6-12/h1-10H,11H2/q-1. The first-order valence-electron chi connectivity index (χ1n) is 7.75. The monoisotopic (exact) mass is 409 g/mol. The number of alkyl halides is 3. The van der Waals surface area contributed by atoms with Crippen LogP contribution >= 0.6 is 0 Å². The zero-order valence-electron chi connectivity index (χ0n) is 14.0. The van der Waals surface area contributed by atoms with Crippen LogP contribution in [0.4, 0.5) is 13.2 Å². The van der Waals surface area contributed by atoms with Crippen LogP contribution < -0.4 is 4.74 Å². The van der Waals surface area contributed by atoms with Crippen LogP contribution in [0.5, 0.6) is 11.8 Å². The van der Waals surface area contributed by atoms with Gasteiger partial charge < -0.3 is 9.46 Å². The molecule has 28 heavy (non-hydrogen) atoms. The summed E-state index contributed by atoms with van der Waals surface area (Å²) in [6.45, 7) is -0.0405. The first kappa shape index (κ1) is 19.7. The number of rotatable bonds is 6. The summed E-state index contributed by atoms with van der Waals surface area (Å²) in [4.78, 5) is 10.6. The van der Waals surface area contributed by atoms with Crippen LogP contribution in [0.15, 0.2) is 66.0 Å². The molecule has 2 heterocycles. The zero-order valence-corrected chi connectivity index (χ0v) is 14.9. The number of benzene rings is 1. The fraction of sp³-hybridized carbons (Fsp3) is 0.118. The highest BCUT2D eigenvalue weighted by Crippen LogP contribution is 2.29. The average Bonchev–Trinajstić information content (AvgIpc) is 2.67. The van der Waals surface area contributed by atoms with Crippen LogP contribution in [0.1, 0.15) is 11.3 Å². The van der Waals surface area contributed by atoms with Gasteiger partial charge in [-0.3, -0.25) is 4.98 Å². The van der Waals surface area contributed by atoms with Gasteiger partial charge in [-0.15, -0.1) is 6.54 Å². The molecule has 0 saturated carbocycles. The molecular formula is C17H12F3N4O3S-. The molecule has 0 atom stereocenters. The number of hydrogen-bond donors (Lipinski definition) is 0. The molecule has 0 saturated heterocycles. The summed E-state index contributed by atoms with van der Waals surface area (Å²) in [5, 5.41) is 0. The van der Waals surface area contributed by atoms with Crippen LogP contribution in [0, 0.1) is 0 Å². The van der Waals surface area contributed by atoms with Crippen molar-refractivity contribution in [2.45, 2.75) is 17.6 Å². The third kappa shape index (κ3) is 5.02. The van der Waals surface area contributed by atoms with Crippen LogP contribution in [-0.4, -0.2) is 23.4 Å². The van der Waals surface area contributed by atoms with Gasteiger partial charge in [0.05, 0.1) is 0 Å². The lowest BCUT2D eigenvalue weighted by molar-refractivity contribution is -0.141. The number of hydrogen-bond acceptors (Lipinski definition) is 6. The Kier molecular flexibility index (Phi) is 5.56. The molecule has 0 aliphatic rings. The second-order valence-electron chi connectivity index (χ2n) is 5.41. The third-order valence-electron chi connectivity index (χ3n) is 3.42. The molecule has 7 nitrogen and oxygen atoms in total. The number of pyridine rings is 1. The Bertz CT molecular complexity index is 1040. The number of sulfonamides is 1. The summed E-state index contributed by atoms with van der Waals surface area (Å²) >= 11 is 0. The molecule has 0 fully saturated rings. The van der Waals surface area contributed by atoms with E-state index in [-0.39, 0.29) is 17.2 Å². The first-order valence-corrected chi connectivity index (χ1v) is 9.19. The van der Waals surface area contributed by atoms with Gasteiger partial charge in [-0.05, 0) is 42.5 Å². The summed E-state index contributed by atoms with van der Waals surface area (Å²) in [6, 6.07) is 8.51. The summed E-state index contributed by atoms with van der Waals surface area (Å²) in [5.74, 6) is 0.0763. The minimum atomic E-state index is -4.63. The smallest absolute Gasteiger partial charge is 0.433 e. The lowest BCUT2D eigenvalue weighted by atomic mass is 10.3. The molecule has 146 valence electrons. The van der Waals surface area contributed by atoms with E-state index in [0.717, 1.165) is 6.20 Å². The Balaban J connectivity index is 1.69. The van der Waals surface area contributed by atoms with E-state index in [0.29, 0.717) is 11.6 Å². The molecule has 11 heteroatoms. The molecular weight excluding hydrogens is 397 g/mol. The topological polar surface area (TPSA) is 96.1 Å². The van der Waals surface area contributed by atoms with Crippen LogP contribution in [-0.2, 0) is 22.7 Å². The molecule has 0 bridgehead atoms. The fourth-order valence-corrected chi connectivity index (χ4v) is 3.00. The van der Waals surface area contributed by atoms with E-state index in [1.165, 1.54) is 36.7 Å². The lowest BCUT2D eigenvalue weighted by Crippen LogP contribution is -2.08. The van der Waals surface area contributed by atoms with Gasteiger partial charge in [-0.2, -0.15) is 18.2 Å². The summed E-state index contributed by atoms with van der Waals surface area (Å²) in [7, 11) is -3.91. The fourth-order valence-electron chi connectivity index (χ4n) is 2.06. The minimum Gasteiger partial charge on any atom is -0.541 e. The number of halogens is 3. The average molecular weight is 409 g/mol. The molecule has 0 aliphatic carbocycles. The SMILES string of the molecule is O=S(=O)([N-]Cc1ccncc1)c1ccc(Oc2nccc(C(F)(F)F)n2)cc1. The summed E-state index contributed by atoms with van der Waals surface area (Å²) in [5.41, 5.74) is -0.466. The van der Waals surface area contributed by atoms with E-state index >= 15 is 0 Å². The normalized spacial score (nSPS) is 12.0. The maximum absolute atomic E-state index is 12.7. The van der Waals surface area contributed by atoms with Crippen molar-refractivity contribution in [3.63, 3.8) is 0 Å². The predicted molar refractivity (Wildman–Crippen MR) is 92.0 cm³/mol. The van der Waals surface area contributed by atoms with E-state index in [9.17, 15) is 21.6 Å². The van der Waals surface area contributed by atoms with E-state index in [4.69, 9.17) is 4.74 Å². The Morgan fingerprint density at radius 2 is 1.64 bits per heavy atom. The van der Waals surface area contributed by atoms with Gasteiger partial charge in [0.2, 0.25) is 0 Å². The zero-order chi connectivity index (χ0) is 20.2. The Hall–Kier alpha value is -3.05. The second-order valence-corrected chi connectivity index (χ2v) is 7.09. The number of aromatic nitrogens is 3. The lowest BCUT2D eigenvalue weighted by Gasteiger charge is -2.20. The number of nitrogens with zero attached hydrogens (tertiary/aromatic N) is 4. The van der Waals surface area contributed by atoms with Gasteiger partial charge in [0.15, 0.2) is 5.69 Å². The molecule has 1 aromatic carbocycles. The Morgan fingerprint density at radius 1 is 0.964 bits per heavy atom. The molecule has 0 radical (unpaired) electrons. The predicted octanol–water partition coefficient (Wildman–Crippen LogP) is 3.95. The van der Waals surface area contributed by atoms with Crippen molar-refractivity contribution in [2.75, 3.05) is 0 Å². The molecule has 0 N–H and O–H groups in total. The maximum Gasteiger partial charge on any atom is 0.433 e. The summed E-state index contributed by atoms with van der Waals surface area (Å²) < 4.78 is 71.4. The van der Waals surface area contributed by atoms with Gasteiger partial charge in [-0.1, -0.05) is 5.56 Å². The highest BCUT2D eigenvalue weighted by Gasteiger charge is 2.33. The third-order valence-corrected chi connectivity index (χ3v) is 4.76. The minimum absolute atomic E-state index is 0.0405. The largest absolute Gasteiger partial charge is 0.541 e. The number of ether oxygens (including phenoxy) is 1. The highest BCUT2D eigenvalue weighted by atomic mass is 32.2. The first-order chi connectivity index (χ1) is 13.2. The Morgan fingerprint density at radius 3 is 2.29 bits per heavy atom. The van der Waals surface area contributed by atoms with E-state index in [1.807, 2.05) is 0 Å². The van der Waals surface area contributed by atoms with Gasteiger partial charge in [0.1, 0.15) is 15.8 Å². The van der Waals surface area contributed by atoms with Crippen molar-refractivity contribution in [2.24, 2.45) is 0 Å². The second kappa shape index (κ2) is 7.90. The van der Waals surface area contributed by atoms with Crippen molar-refractivity contribution < 1.29 is 26.3 Å². The molecule has 0 amide bonds. The molecule has 0 spiro atoms. The molecule has 0 unspecified atom stereocenters. The quantitative estimate of drug-likeness (QED) is 0.612. The molecule has 2 aromatic heterocycles. The van der Waals surface area contributed by atoms with Gasteiger partial charge in [0.25, 0.3) is 0 Å². The molecule has 0 aliphatic heterocycles. The Labute approximate surface area is 158 Å². The van der Waals surface area contributed by atoms with Crippen molar-refractivity contribution in [3.05, 3.63) is 77.0 Å². The van der Waals surface area contributed by atoms with Crippen LogP contribution in [0.3, 0.4) is 0 Å². The molecule has 3 rings (SSSR count). The van der Waals surface area contributed by atoms with Crippen LogP contribution in [0.2, 0.25) is 0 Å². The van der Waals surface area contributed by atoms with E-state index < -0.39 is 27.9 Å². The van der Waals surface area contributed by atoms with Gasteiger partial charge >= 0.3 is 12.2 Å². The van der Waals surface area contributed by atoms with E-state index in [1.54, 1.807) is 12.1 Å². The van der Waals surface area contributed by atoms with Crippen molar-refractivity contribution in [3.8, 4) is 11.8 Å². The van der Waals surface area contributed by atoms with Crippen molar-refractivity contribution in [1.82, 2.24) is 15.0 Å². The van der Waals surface area contributed by atoms with Crippen molar-refractivity contribution in [1.29, 1.82) is 0 Å². The highest BCUT2D eigenvalue weighted by molar-refractivity contribution is 7.94. The van der Waals surface area contributed by atoms with Crippen LogP contribution in [0.25, 0.3) is 4.72 Å². The van der Waals surface area contributed by atoms with E-state index in [2.05, 4.69) is 19.7 Å². The maximum atomic E-state index is 12.7. The summed E-state index contributed by atoms with van der Waals surface area (Å²) in [6.07, 6.45) is -0.657. The van der Waals surface area contributed by atoms with Gasteiger partial charge in [-0.25, -0.2) is 13.4 Å². The van der Waals surface area contributed by atoms with Gasteiger partial charge in [0, 0.05) is 23.5 Å². The molecule has 3 aromatic rings.